The molecular formula is C11H18N2O2. The van der Waals surface area contributed by atoms with Crippen molar-refractivity contribution in [3.8, 4) is 6.07 Å². The van der Waals surface area contributed by atoms with Crippen LogP contribution < -0.4 is 0 Å². The zero-order valence-corrected chi connectivity index (χ0v) is 9.20. The highest BCUT2D eigenvalue weighted by Crippen LogP contribution is 2.35. The fourth-order valence-corrected chi connectivity index (χ4v) is 2.32. The van der Waals surface area contributed by atoms with Crippen LogP contribution in [0.3, 0.4) is 0 Å². The number of nitrogens with zero attached hydrogens (tertiary/aromatic N) is 2. The maximum Gasteiger partial charge on any atom is 0.310 e. The molecule has 0 radical (unpaired) electrons. The third-order valence-electron chi connectivity index (χ3n) is 3.15. The summed E-state index contributed by atoms with van der Waals surface area (Å²) in [5, 5.41) is 17.7. The number of carboxylic acid groups (broad SMARTS) is 1. The first kappa shape index (κ1) is 12.0. The van der Waals surface area contributed by atoms with Gasteiger partial charge in [-0.1, -0.05) is 13.3 Å². The summed E-state index contributed by atoms with van der Waals surface area (Å²) in [7, 11) is 0. The Labute approximate surface area is 90.5 Å². The third-order valence-corrected chi connectivity index (χ3v) is 3.15. The first-order chi connectivity index (χ1) is 7.14. The summed E-state index contributed by atoms with van der Waals surface area (Å²) in [6.45, 7) is 4.14. The summed E-state index contributed by atoms with van der Waals surface area (Å²) in [6.07, 6.45) is 2.85. The first-order valence-corrected chi connectivity index (χ1v) is 5.47. The molecule has 4 nitrogen and oxygen atoms in total. The molecule has 0 amide bonds. The average Bonchev–Trinajstić information content (AvgIpc) is 2.60. The number of likely N-dealkylation sites (tertiary alicyclic amines) is 1. The summed E-state index contributed by atoms with van der Waals surface area (Å²) in [6, 6.07) is 2.09. The lowest BCUT2D eigenvalue weighted by Gasteiger charge is -2.23. The van der Waals surface area contributed by atoms with E-state index < -0.39 is 11.4 Å². The van der Waals surface area contributed by atoms with Crippen LogP contribution in [0.2, 0.25) is 0 Å². The van der Waals surface area contributed by atoms with E-state index in [4.69, 9.17) is 5.26 Å². The fourth-order valence-electron chi connectivity index (χ4n) is 2.32. The minimum atomic E-state index is -0.677. The molecule has 1 aliphatic heterocycles. The van der Waals surface area contributed by atoms with Crippen molar-refractivity contribution in [2.75, 3.05) is 19.6 Å². The van der Waals surface area contributed by atoms with Gasteiger partial charge < -0.3 is 10.0 Å². The number of carboxylic acids is 1. The van der Waals surface area contributed by atoms with E-state index in [2.05, 4.69) is 11.0 Å². The quantitative estimate of drug-likeness (QED) is 0.746. The number of hydrogen-bond acceptors (Lipinski definition) is 3. The Morgan fingerprint density at radius 1 is 1.67 bits per heavy atom. The summed E-state index contributed by atoms with van der Waals surface area (Å²) in [5.74, 6) is -0.677. The van der Waals surface area contributed by atoms with Crippen LogP contribution in [0.15, 0.2) is 0 Å². The summed E-state index contributed by atoms with van der Waals surface area (Å²) < 4.78 is 0. The topological polar surface area (TPSA) is 64.3 Å². The van der Waals surface area contributed by atoms with Gasteiger partial charge in [0, 0.05) is 19.5 Å². The lowest BCUT2D eigenvalue weighted by molar-refractivity contribution is -0.148. The van der Waals surface area contributed by atoms with Crippen molar-refractivity contribution in [2.45, 2.75) is 32.6 Å². The molecule has 1 atom stereocenters. The summed E-state index contributed by atoms with van der Waals surface area (Å²) in [4.78, 5) is 13.3. The van der Waals surface area contributed by atoms with E-state index in [1.807, 2.05) is 6.92 Å². The smallest absolute Gasteiger partial charge is 0.310 e. The maximum atomic E-state index is 11.2. The Morgan fingerprint density at radius 2 is 2.40 bits per heavy atom. The minimum absolute atomic E-state index is 0.488. The molecule has 0 spiro atoms. The van der Waals surface area contributed by atoms with Crippen molar-refractivity contribution < 1.29 is 9.90 Å². The van der Waals surface area contributed by atoms with Crippen molar-refractivity contribution in [2.24, 2.45) is 5.41 Å². The highest BCUT2D eigenvalue weighted by atomic mass is 16.4. The zero-order valence-electron chi connectivity index (χ0n) is 9.20. The SMILES string of the molecule is CCCC1(C(=O)O)CCN(CCC#N)C1. The van der Waals surface area contributed by atoms with Crippen molar-refractivity contribution >= 4 is 5.97 Å². The van der Waals surface area contributed by atoms with E-state index in [0.717, 1.165) is 25.8 Å². The second kappa shape index (κ2) is 5.13. The molecule has 0 bridgehead atoms. The van der Waals surface area contributed by atoms with Crippen LogP contribution in [0, 0.1) is 16.7 Å². The Kier molecular flexibility index (Phi) is 4.10. The summed E-state index contributed by atoms with van der Waals surface area (Å²) in [5.41, 5.74) is -0.551. The predicted molar refractivity (Wildman–Crippen MR) is 56.3 cm³/mol. The van der Waals surface area contributed by atoms with Gasteiger partial charge in [-0.25, -0.2) is 0 Å². The number of nitriles is 1. The lowest BCUT2D eigenvalue weighted by atomic mass is 9.83. The van der Waals surface area contributed by atoms with Crippen LogP contribution in [-0.4, -0.2) is 35.6 Å². The van der Waals surface area contributed by atoms with Crippen LogP contribution in [0.4, 0.5) is 0 Å². The molecule has 1 fully saturated rings. The highest BCUT2D eigenvalue weighted by Gasteiger charge is 2.43. The van der Waals surface area contributed by atoms with Gasteiger partial charge in [-0.3, -0.25) is 4.79 Å². The molecule has 1 rings (SSSR count). The van der Waals surface area contributed by atoms with Gasteiger partial charge in [-0.2, -0.15) is 5.26 Å². The van der Waals surface area contributed by atoms with Crippen LogP contribution in [-0.2, 0) is 4.79 Å². The Bertz CT molecular complexity index is 272. The van der Waals surface area contributed by atoms with E-state index in [9.17, 15) is 9.90 Å². The standard InChI is InChI=1S/C11H18N2O2/c1-2-4-11(10(14)15)5-8-13(9-11)7-3-6-12/h2-5,7-9H2,1H3,(H,14,15). The van der Waals surface area contributed by atoms with Crippen molar-refractivity contribution in [3.63, 3.8) is 0 Å². The number of rotatable bonds is 5. The van der Waals surface area contributed by atoms with E-state index in [-0.39, 0.29) is 0 Å². The highest BCUT2D eigenvalue weighted by molar-refractivity contribution is 5.75. The normalized spacial score (nSPS) is 26.4. The molecule has 0 saturated carbocycles. The maximum absolute atomic E-state index is 11.2. The largest absolute Gasteiger partial charge is 0.481 e. The molecule has 0 aromatic rings. The van der Waals surface area contributed by atoms with E-state index in [1.165, 1.54) is 0 Å². The molecule has 15 heavy (non-hydrogen) atoms. The monoisotopic (exact) mass is 210 g/mol. The molecule has 0 aromatic heterocycles. The molecule has 1 saturated heterocycles. The second-order valence-corrected chi connectivity index (χ2v) is 4.27. The van der Waals surface area contributed by atoms with Gasteiger partial charge in [0.25, 0.3) is 0 Å². The number of hydrogen-bond donors (Lipinski definition) is 1. The molecule has 0 aromatic carbocycles. The lowest BCUT2D eigenvalue weighted by Crippen LogP contribution is -2.34. The third kappa shape index (κ3) is 2.69. The number of aliphatic carboxylic acids is 1. The molecule has 84 valence electrons. The molecule has 1 unspecified atom stereocenters. The van der Waals surface area contributed by atoms with E-state index in [0.29, 0.717) is 19.5 Å². The number of carbonyl (C=O) groups is 1. The van der Waals surface area contributed by atoms with Crippen LogP contribution in [0.25, 0.3) is 0 Å². The molecule has 4 heteroatoms. The van der Waals surface area contributed by atoms with E-state index in [1.54, 1.807) is 0 Å². The van der Waals surface area contributed by atoms with Crippen molar-refractivity contribution in [1.82, 2.24) is 4.90 Å². The van der Waals surface area contributed by atoms with E-state index >= 15 is 0 Å². The molecule has 1 N–H and O–H groups in total. The van der Waals surface area contributed by atoms with Crippen LogP contribution in [0.5, 0.6) is 0 Å². The van der Waals surface area contributed by atoms with Crippen molar-refractivity contribution in [1.29, 1.82) is 5.26 Å². The molecule has 1 heterocycles. The zero-order chi connectivity index (χ0) is 11.3. The Morgan fingerprint density at radius 3 is 2.93 bits per heavy atom. The molecule has 1 aliphatic rings. The van der Waals surface area contributed by atoms with Gasteiger partial charge in [-0.05, 0) is 19.4 Å². The van der Waals surface area contributed by atoms with Gasteiger partial charge in [-0.15, -0.1) is 0 Å². The predicted octanol–water partition coefficient (Wildman–Crippen LogP) is 1.48. The van der Waals surface area contributed by atoms with Crippen LogP contribution >= 0.6 is 0 Å². The van der Waals surface area contributed by atoms with Crippen molar-refractivity contribution in [3.05, 3.63) is 0 Å². The molecule has 0 aliphatic carbocycles. The van der Waals surface area contributed by atoms with Gasteiger partial charge in [0.15, 0.2) is 0 Å². The van der Waals surface area contributed by atoms with Gasteiger partial charge in [0.2, 0.25) is 0 Å². The van der Waals surface area contributed by atoms with Gasteiger partial charge in [0.05, 0.1) is 11.5 Å². The molecular weight excluding hydrogens is 192 g/mol. The fraction of sp³-hybridized carbons (Fsp3) is 0.818. The minimum Gasteiger partial charge on any atom is -0.481 e. The Hall–Kier alpha value is -1.08. The Balaban J connectivity index is 2.56. The average molecular weight is 210 g/mol. The van der Waals surface area contributed by atoms with Gasteiger partial charge in [0.1, 0.15) is 0 Å². The first-order valence-electron chi connectivity index (χ1n) is 5.47. The summed E-state index contributed by atoms with van der Waals surface area (Å²) >= 11 is 0. The van der Waals surface area contributed by atoms with Gasteiger partial charge >= 0.3 is 5.97 Å². The second-order valence-electron chi connectivity index (χ2n) is 4.27. The van der Waals surface area contributed by atoms with Crippen LogP contribution in [0.1, 0.15) is 32.6 Å².